The number of alkyl halides is 3. The standard InChI is InChI=1S/C14H18F3NO3/c1-13(2,20-3)4-5-21-12(19)9-6-10(14(15,16)17)8-11(18)7-9/h6-8H,4-5,18H2,1-3H3. The highest BCUT2D eigenvalue weighted by Crippen LogP contribution is 2.31. The van der Waals surface area contributed by atoms with E-state index in [0.29, 0.717) is 6.42 Å². The highest BCUT2D eigenvalue weighted by molar-refractivity contribution is 5.90. The first-order valence-electron chi connectivity index (χ1n) is 6.25. The molecular weight excluding hydrogens is 287 g/mol. The highest BCUT2D eigenvalue weighted by atomic mass is 19.4. The van der Waals surface area contributed by atoms with Crippen molar-refractivity contribution in [2.75, 3.05) is 19.5 Å². The van der Waals surface area contributed by atoms with Crippen molar-refractivity contribution in [2.24, 2.45) is 0 Å². The molecule has 4 nitrogen and oxygen atoms in total. The molecule has 0 saturated heterocycles. The fourth-order valence-electron chi connectivity index (χ4n) is 1.51. The van der Waals surface area contributed by atoms with E-state index in [1.54, 1.807) is 0 Å². The van der Waals surface area contributed by atoms with Gasteiger partial charge >= 0.3 is 12.1 Å². The summed E-state index contributed by atoms with van der Waals surface area (Å²) >= 11 is 0. The summed E-state index contributed by atoms with van der Waals surface area (Å²) in [5.74, 6) is -0.847. The van der Waals surface area contributed by atoms with E-state index < -0.39 is 23.3 Å². The third-order valence-electron chi connectivity index (χ3n) is 3.01. The lowest BCUT2D eigenvalue weighted by atomic mass is 10.1. The fraction of sp³-hybridized carbons (Fsp3) is 0.500. The Balaban J connectivity index is 2.77. The van der Waals surface area contributed by atoms with Crippen molar-refractivity contribution in [3.8, 4) is 0 Å². The Labute approximate surface area is 121 Å². The molecule has 0 fully saturated rings. The van der Waals surface area contributed by atoms with Crippen LogP contribution in [0, 0.1) is 0 Å². The summed E-state index contributed by atoms with van der Waals surface area (Å²) in [5, 5.41) is 0. The monoisotopic (exact) mass is 305 g/mol. The van der Waals surface area contributed by atoms with Crippen LogP contribution < -0.4 is 5.73 Å². The summed E-state index contributed by atoms with van der Waals surface area (Å²) in [6.07, 6.45) is -4.15. The number of hydrogen-bond donors (Lipinski definition) is 1. The van der Waals surface area contributed by atoms with Crippen molar-refractivity contribution >= 4 is 11.7 Å². The number of methoxy groups -OCH3 is 1. The molecule has 0 aliphatic heterocycles. The highest BCUT2D eigenvalue weighted by Gasteiger charge is 2.31. The van der Waals surface area contributed by atoms with Crippen molar-refractivity contribution in [3.63, 3.8) is 0 Å². The zero-order valence-electron chi connectivity index (χ0n) is 12.1. The topological polar surface area (TPSA) is 61.5 Å². The van der Waals surface area contributed by atoms with Crippen LogP contribution in [0.4, 0.5) is 18.9 Å². The third kappa shape index (κ3) is 5.26. The summed E-state index contributed by atoms with van der Waals surface area (Å²) in [5.41, 5.74) is 3.56. The molecule has 7 heteroatoms. The van der Waals surface area contributed by atoms with Gasteiger partial charge in [0.1, 0.15) is 0 Å². The van der Waals surface area contributed by atoms with Crippen molar-refractivity contribution in [3.05, 3.63) is 29.3 Å². The van der Waals surface area contributed by atoms with E-state index in [0.717, 1.165) is 18.2 Å². The van der Waals surface area contributed by atoms with Gasteiger partial charge in [0.2, 0.25) is 0 Å². The van der Waals surface area contributed by atoms with Crippen LogP contribution in [0.5, 0.6) is 0 Å². The molecule has 0 radical (unpaired) electrons. The van der Waals surface area contributed by atoms with Gasteiger partial charge in [-0.3, -0.25) is 0 Å². The quantitative estimate of drug-likeness (QED) is 0.670. The van der Waals surface area contributed by atoms with Crippen LogP contribution in [0.1, 0.15) is 36.2 Å². The summed E-state index contributed by atoms with van der Waals surface area (Å²) in [6.45, 7) is 3.65. The molecule has 118 valence electrons. The number of benzene rings is 1. The minimum absolute atomic E-state index is 0.0375. The molecule has 0 bridgehead atoms. The van der Waals surface area contributed by atoms with Gasteiger partial charge < -0.3 is 15.2 Å². The lowest BCUT2D eigenvalue weighted by molar-refractivity contribution is -0.137. The lowest BCUT2D eigenvalue weighted by Crippen LogP contribution is -2.25. The number of rotatable bonds is 5. The van der Waals surface area contributed by atoms with Gasteiger partial charge in [-0.25, -0.2) is 4.79 Å². The summed E-state index contributed by atoms with van der Waals surface area (Å²) < 4.78 is 48.0. The maximum Gasteiger partial charge on any atom is 0.416 e. The first-order valence-corrected chi connectivity index (χ1v) is 6.25. The molecular formula is C14H18F3NO3. The minimum atomic E-state index is -4.57. The molecule has 0 saturated carbocycles. The number of anilines is 1. The Kier molecular flexibility index (Phi) is 5.22. The zero-order chi connectivity index (χ0) is 16.3. The molecule has 0 atom stereocenters. The number of carbonyl (C=O) groups is 1. The average Bonchev–Trinajstić information content (AvgIpc) is 2.36. The number of esters is 1. The normalized spacial score (nSPS) is 12.3. The van der Waals surface area contributed by atoms with Gasteiger partial charge in [-0.15, -0.1) is 0 Å². The van der Waals surface area contributed by atoms with Crippen LogP contribution in [0.15, 0.2) is 18.2 Å². The van der Waals surface area contributed by atoms with Crippen molar-refractivity contribution in [1.29, 1.82) is 0 Å². The van der Waals surface area contributed by atoms with Gasteiger partial charge in [0.15, 0.2) is 0 Å². The molecule has 2 N–H and O–H groups in total. The molecule has 0 aliphatic rings. The van der Waals surface area contributed by atoms with Crippen molar-refractivity contribution in [1.82, 2.24) is 0 Å². The molecule has 1 aromatic rings. The van der Waals surface area contributed by atoms with E-state index in [-0.39, 0.29) is 17.9 Å². The van der Waals surface area contributed by atoms with E-state index >= 15 is 0 Å². The fourth-order valence-corrected chi connectivity index (χ4v) is 1.51. The van der Waals surface area contributed by atoms with Crippen molar-refractivity contribution < 1.29 is 27.4 Å². The molecule has 0 spiro atoms. The Morgan fingerprint density at radius 1 is 1.24 bits per heavy atom. The third-order valence-corrected chi connectivity index (χ3v) is 3.01. The number of nitrogen functional groups attached to an aromatic ring is 1. The van der Waals surface area contributed by atoms with Gasteiger partial charge in [-0.2, -0.15) is 13.2 Å². The van der Waals surface area contributed by atoms with Gasteiger partial charge in [0.25, 0.3) is 0 Å². The summed E-state index contributed by atoms with van der Waals surface area (Å²) in [4.78, 5) is 11.8. The second kappa shape index (κ2) is 6.34. The first-order chi connectivity index (χ1) is 9.55. The molecule has 0 heterocycles. The number of ether oxygens (including phenoxy) is 2. The molecule has 0 aromatic heterocycles. The van der Waals surface area contributed by atoms with Gasteiger partial charge in [0.05, 0.1) is 23.3 Å². The van der Waals surface area contributed by atoms with Gasteiger partial charge in [-0.05, 0) is 32.0 Å². The maximum absolute atomic E-state index is 12.6. The number of carbonyl (C=O) groups excluding carboxylic acids is 1. The van der Waals surface area contributed by atoms with E-state index in [9.17, 15) is 18.0 Å². The van der Waals surface area contributed by atoms with Crippen LogP contribution in [0.25, 0.3) is 0 Å². The SMILES string of the molecule is COC(C)(C)CCOC(=O)c1cc(N)cc(C(F)(F)F)c1. The Morgan fingerprint density at radius 3 is 2.38 bits per heavy atom. The average molecular weight is 305 g/mol. The van der Waals surface area contributed by atoms with E-state index in [4.69, 9.17) is 15.2 Å². The van der Waals surface area contributed by atoms with E-state index in [1.807, 2.05) is 13.8 Å². The van der Waals surface area contributed by atoms with Crippen LogP contribution in [0.3, 0.4) is 0 Å². The Bertz CT molecular complexity index is 513. The Morgan fingerprint density at radius 2 is 1.86 bits per heavy atom. The molecule has 1 aromatic carbocycles. The lowest BCUT2D eigenvalue weighted by Gasteiger charge is -2.22. The number of nitrogens with two attached hydrogens (primary N) is 1. The molecule has 0 unspecified atom stereocenters. The second-order valence-corrected chi connectivity index (χ2v) is 5.19. The summed E-state index contributed by atoms with van der Waals surface area (Å²) in [6, 6.07) is 2.64. The van der Waals surface area contributed by atoms with Crippen LogP contribution in [-0.4, -0.2) is 25.3 Å². The predicted octanol–water partition coefficient (Wildman–Crippen LogP) is 3.26. The maximum atomic E-state index is 12.6. The van der Waals surface area contributed by atoms with Crippen LogP contribution in [-0.2, 0) is 15.7 Å². The van der Waals surface area contributed by atoms with Gasteiger partial charge in [-0.1, -0.05) is 0 Å². The predicted molar refractivity (Wildman–Crippen MR) is 71.8 cm³/mol. The van der Waals surface area contributed by atoms with E-state index in [1.165, 1.54) is 7.11 Å². The number of hydrogen-bond acceptors (Lipinski definition) is 4. The minimum Gasteiger partial charge on any atom is -0.462 e. The Hall–Kier alpha value is -1.76. The molecule has 0 aliphatic carbocycles. The largest absolute Gasteiger partial charge is 0.462 e. The zero-order valence-corrected chi connectivity index (χ0v) is 12.1. The molecule has 0 amide bonds. The van der Waals surface area contributed by atoms with Crippen LogP contribution >= 0.6 is 0 Å². The van der Waals surface area contributed by atoms with Crippen molar-refractivity contribution in [2.45, 2.75) is 32.0 Å². The second-order valence-electron chi connectivity index (χ2n) is 5.19. The number of halogens is 3. The molecule has 21 heavy (non-hydrogen) atoms. The van der Waals surface area contributed by atoms with Crippen LogP contribution in [0.2, 0.25) is 0 Å². The first kappa shape index (κ1) is 17.3. The summed E-state index contributed by atoms with van der Waals surface area (Å²) in [7, 11) is 1.52. The van der Waals surface area contributed by atoms with Gasteiger partial charge in [0, 0.05) is 19.2 Å². The van der Waals surface area contributed by atoms with E-state index in [2.05, 4.69) is 0 Å². The molecule has 1 rings (SSSR count). The smallest absolute Gasteiger partial charge is 0.416 e.